The predicted octanol–water partition coefficient (Wildman–Crippen LogP) is 8.08. The zero-order valence-corrected chi connectivity index (χ0v) is 22.3. The Morgan fingerprint density at radius 2 is 1.24 bits per heavy atom. The first kappa shape index (κ1) is 23.7. The normalized spacial score (nSPS) is 22.5. The molecular formula is C34H35NO2. The third-order valence-corrected chi connectivity index (χ3v) is 8.48. The van der Waals surface area contributed by atoms with Crippen molar-refractivity contribution in [3.8, 4) is 17.2 Å². The average molecular weight is 490 g/mol. The molecule has 0 bridgehead atoms. The summed E-state index contributed by atoms with van der Waals surface area (Å²) in [7, 11) is 0. The number of hydrogen-bond acceptors (Lipinski definition) is 3. The van der Waals surface area contributed by atoms with Crippen molar-refractivity contribution >= 4 is 5.69 Å². The molecule has 0 fully saturated rings. The molecule has 188 valence electrons. The highest BCUT2D eigenvalue weighted by Gasteiger charge is 2.63. The summed E-state index contributed by atoms with van der Waals surface area (Å²) in [6.07, 6.45) is 0.869. The second-order valence-electron chi connectivity index (χ2n) is 12.0. The van der Waals surface area contributed by atoms with Crippen molar-refractivity contribution in [2.24, 2.45) is 0 Å². The molecule has 0 aliphatic heterocycles. The van der Waals surface area contributed by atoms with Crippen molar-refractivity contribution in [3.63, 3.8) is 0 Å². The number of anilines is 1. The van der Waals surface area contributed by atoms with E-state index >= 15 is 0 Å². The van der Waals surface area contributed by atoms with Gasteiger partial charge in [0.1, 0.15) is 23.4 Å². The van der Waals surface area contributed by atoms with Gasteiger partial charge in [-0.3, -0.25) is 0 Å². The van der Waals surface area contributed by atoms with Crippen molar-refractivity contribution in [3.05, 3.63) is 119 Å². The Labute approximate surface area is 220 Å². The summed E-state index contributed by atoms with van der Waals surface area (Å²) >= 11 is 0. The van der Waals surface area contributed by atoms with E-state index in [1.165, 1.54) is 27.8 Å². The molecule has 3 heteroatoms. The number of rotatable bonds is 4. The van der Waals surface area contributed by atoms with Gasteiger partial charge in [0, 0.05) is 29.3 Å². The Hall–Kier alpha value is -3.72. The molecule has 6 rings (SSSR count). The van der Waals surface area contributed by atoms with Crippen LogP contribution in [-0.2, 0) is 16.2 Å². The van der Waals surface area contributed by atoms with Crippen LogP contribution in [0.4, 0.5) is 5.69 Å². The lowest BCUT2D eigenvalue weighted by molar-refractivity contribution is 0.0762. The third-order valence-electron chi connectivity index (χ3n) is 8.48. The van der Waals surface area contributed by atoms with Crippen molar-refractivity contribution < 1.29 is 9.47 Å². The second-order valence-corrected chi connectivity index (χ2v) is 12.0. The maximum atomic E-state index is 7.08. The van der Waals surface area contributed by atoms with E-state index in [0.29, 0.717) is 11.4 Å². The fourth-order valence-electron chi connectivity index (χ4n) is 7.00. The van der Waals surface area contributed by atoms with Gasteiger partial charge >= 0.3 is 0 Å². The average Bonchev–Trinajstić information content (AvgIpc) is 3.21. The zero-order chi connectivity index (χ0) is 26.0. The Balaban J connectivity index is 1.46. The van der Waals surface area contributed by atoms with Crippen LogP contribution in [0.1, 0.15) is 61.9 Å². The fourth-order valence-corrected chi connectivity index (χ4v) is 7.00. The molecule has 2 aliphatic rings. The van der Waals surface area contributed by atoms with E-state index in [2.05, 4.69) is 83.1 Å². The van der Waals surface area contributed by atoms with Crippen LogP contribution in [0.15, 0.2) is 91.0 Å². The van der Waals surface area contributed by atoms with Crippen LogP contribution in [0, 0.1) is 6.92 Å². The predicted molar refractivity (Wildman–Crippen MR) is 151 cm³/mol. The van der Waals surface area contributed by atoms with Crippen molar-refractivity contribution in [1.29, 1.82) is 0 Å². The van der Waals surface area contributed by atoms with Crippen LogP contribution in [0.5, 0.6) is 17.2 Å². The fraction of sp³-hybridized carbons (Fsp3) is 0.294. The van der Waals surface area contributed by atoms with Gasteiger partial charge in [-0.05, 0) is 53.1 Å². The molecule has 0 heterocycles. The van der Waals surface area contributed by atoms with Gasteiger partial charge in [0.05, 0.1) is 5.41 Å². The molecule has 3 nitrogen and oxygen atoms in total. The Morgan fingerprint density at radius 1 is 0.676 bits per heavy atom. The van der Waals surface area contributed by atoms with Gasteiger partial charge in [-0.2, -0.15) is 0 Å². The van der Waals surface area contributed by atoms with Gasteiger partial charge in [0.15, 0.2) is 0 Å². The molecule has 37 heavy (non-hydrogen) atoms. The van der Waals surface area contributed by atoms with Crippen LogP contribution in [-0.4, -0.2) is 6.10 Å². The van der Waals surface area contributed by atoms with E-state index in [1.54, 1.807) is 0 Å². The van der Waals surface area contributed by atoms with Crippen molar-refractivity contribution in [1.82, 2.24) is 0 Å². The molecule has 2 aliphatic carbocycles. The van der Waals surface area contributed by atoms with Gasteiger partial charge < -0.3 is 15.2 Å². The Kier molecular flexibility index (Phi) is 5.21. The van der Waals surface area contributed by atoms with Gasteiger partial charge in [0.25, 0.3) is 0 Å². The summed E-state index contributed by atoms with van der Waals surface area (Å²) in [4.78, 5) is 0. The first-order valence-corrected chi connectivity index (χ1v) is 13.1. The second kappa shape index (κ2) is 8.14. The van der Waals surface area contributed by atoms with Crippen molar-refractivity contribution in [2.75, 3.05) is 5.73 Å². The lowest BCUT2D eigenvalue weighted by Gasteiger charge is -2.40. The third kappa shape index (κ3) is 3.63. The maximum Gasteiger partial charge on any atom is 0.133 e. The summed E-state index contributed by atoms with van der Waals surface area (Å²) in [5, 5.41) is 0. The summed E-state index contributed by atoms with van der Waals surface area (Å²) in [5.41, 5.74) is 13.3. The van der Waals surface area contributed by atoms with Crippen LogP contribution < -0.4 is 15.2 Å². The molecule has 2 atom stereocenters. The molecule has 4 aromatic carbocycles. The van der Waals surface area contributed by atoms with Crippen LogP contribution >= 0.6 is 0 Å². The van der Waals surface area contributed by atoms with E-state index in [1.807, 2.05) is 42.5 Å². The molecule has 0 radical (unpaired) electrons. The molecule has 2 unspecified atom stereocenters. The largest absolute Gasteiger partial charge is 0.488 e. The Bertz CT molecular complexity index is 1470. The number of aryl methyl sites for hydroxylation is 1. The maximum absolute atomic E-state index is 7.08. The summed E-state index contributed by atoms with van der Waals surface area (Å²) in [6.45, 7) is 11.4. The first-order valence-electron chi connectivity index (χ1n) is 13.1. The standard InChI is InChI=1S/C34H35NO2/c1-22-14-16-24(17-15-22)36-25-18-23(35)19-26(20-25)37-31-33(4,5)28-11-7-9-13-30(28)34(31)21-32(2,3)27-10-6-8-12-29(27)34/h6-20,31H,21,35H2,1-5H3. The first-order chi connectivity index (χ1) is 17.6. The lowest BCUT2D eigenvalue weighted by atomic mass is 9.70. The molecule has 0 saturated carbocycles. The van der Waals surface area contributed by atoms with E-state index in [0.717, 1.165) is 17.9 Å². The highest BCUT2D eigenvalue weighted by atomic mass is 16.5. The highest BCUT2D eigenvalue weighted by molar-refractivity contribution is 5.62. The van der Waals surface area contributed by atoms with Gasteiger partial charge in [-0.1, -0.05) is 93.9 Å². The monoisotopic (exact) mass is 489 g/mol. The molecule has 0 aromatic heterocycles. The quantitative estimate of drug-likeness (QED) is 0.295. The topological polar surface area (TPSA) is 44.5 Å². The lowest BCUT2D eigenvalue weighted by Crippen LogP contribution is -2.47. The van der Waals surface area contributed by atoms with Crippen LogP contribution in [0.3, 0.4) is 0 Å². The summed E-state index contributed by atoms with van der Waals surface area (Å²) in [6, 6.07) is 31.6. The summed E-state index contributed by atoms with van der Waals surface area (Å²) < 4.78 is 13.3. The van der Waals surface area contributed by atoms with E-state index in [-0.39, 0.29) is 22.3 Å². The van der Waals surface area contributed by atoms with Gasteiger partial charge in [-0.25, -0.2) is 0 Å². The van der Waals surface area contributed by atoms with E-state index in [4.69, 9.17) is 15.2 Å². The molecule has 1 spiro atoms. The molecular weight excluding hydrogens is 454 g/mol. The van der Waals surface area contributed by atoms with E-state index in [9.17, 15) is 0 Å². The van der Waals surface area contributed by atoms with Gasteiger partial charge in [0.2, 0.25) is 0 Å². The number of nitrogen functional groups attached to an aromatic ring is 1. The van der Waals surface area contributed by atoms with Gasteiger partial charge in [-0.15, -0.1) is 0 Å². The molecule has 0 saturated heterocycles. The molecule has 2 N–H and O–H groups in total. The number of nitrogens with two attached hydrogens (primary N) is 1. The van der Waals surface area contributed by atoms with Crippen LogP contribution in [0.25, 0.3) is 0 Å². The zero-order valence-electron chi connectivity index (χ0n) is 22.3. The SMILES string of the molecule is Cc1ccc(Oc2cc(N)cc(OC3C(C)(C)c4ccccc4C34CC(C)(C)c3ccccc34)c2)cc1. The number of ether oxygens (including phenoxy) is 2. The molecule has 0 amide bonds. The number of hydrogen-bond donors (Lipinski definition) is 1. The highest BCUT2D eigenvalue weighted by Crippen LogP contribution is 2.63. The molecule has 4 aromatic rings. The van der Waals surface area contributed by atoms with Crippen LogP contribution in [0.2, 0.25) is 0 Å². The van der Waals surface area contributed by atoms with Crippen molar-refractivity contribution in [2.45, 2.75) is 63.4 Å². The number of benzene rings is 4. The van der Waals surface area contributed by atoms with E-state index < -0.39 is 0 Å². The smallest absolute Gasteiger partial charge is 0.133 e. The minimum absolute atomic E-state index is 0.0289. The minimum atomic E-state index is -0.261. The summed E-state index contributed by atoms with van der Waals surface area (Å²) in [5.74, 6) is 2.18. The number of fused-ring (bicyclic) bond motifs is 4. The Morgan fingerprint density at radius 3 is 1.92 bits per heavy atom. The minimum Gasteiger partial charge on any atom is -0.488 e.